The summed E-state index contributed by atoms with van der Waals surface area (Å²) in [6.45, 7) is -0.777. The average molecular weight is 675 g/mol. The summed E-state index contributed by atoms with van der Waals surface area (Å²) in [5, 5.41) is 118. The Morgan fingerprint density at radius 1 is 0.848 bits per heavy atom. The normalized spacial score (nSPS) is 42.9. The number of carbonyl (C=O) groups is 3. The molecule has 0 saturated carbocycles. The van der Waals surface area contributed by atoms with Crippen molar-refractivity contribution >= 4 is 17.8 Å². The van der Waals surface area contributed by atoms with Crippen LogP contribution >= 0.6 is 0 Å². The Hall–Kier alpha value is -2.19. The third-order valence-corrected chi connectivity index (χ3v) is 7.87. The van der Waals surface area contributed by atoms with E-state index in [2.05, 4.69) is 10.6 Å². The van der Waals surface area contributed by atoms with Crippen molar-refractivity contribution in [1.82, 2.24) is 10.6 Å². The van der Waals surface area contributed by atoms with E-state index in [0.717, 1.165) is 13.8 Å². The van der Waals surface area contributed by atoms with Crippen LogP contribution in [0.15, 0.2) is 0 Å². The molecule has 2 amide bonds. The standard InChI is InChI=1S/C25H42N2O19/c1-7(31)26-13-9(33)3-25(24(40)41,45-20(13)15(35)10(34)4-28)46-21-17(37)12(6-30)43-23(18(21)38)44-19-14(27-8(2)32)22(39)42-11(5-29)16(19)36/h9-23,28-30,33-39H,3-6H2,1-2H3,(H,26,31)(H,27,32)(H,40,41)/t9-,10+,11+,12+,13+,14+,15-,16-,17-,18+,19+,20+,21-,22+,23-,25-/m0/s1. The van der Waals surface area contributed by atoms with Gasteiger partial charge in [-0.2, -0.15) is 0 Å². The van der Waals surface area contributed by atoms with E-state index in [1.807, 2.05) is 0 Å². The fraction of sp³-hybridized carbons (Fsp3) is 0.880. The number of hydrogen-bond donors (Lipinski definition) is 13. The van der Waals surface area contributed by atoms with E-state index in [9.17, 15) is 70.6 Å². The molecule has 0 aromatic carbocycles. The molecule has 3 fully saturated rings. The number of aliphatic hydroxyl groups is 10. The molecule has 21 heteroatoms. The van der Waals surface area contributed by atoms with E-state index < -0.39 is 142 Å². The maximum Gasteiger partial charge on any atom is 0.364 e. The molecular weight excluding hydrogens is 632 g/mol. The number of aliphatic carboxylic acids is 1. The molecule has 13 N–H and O–H groups in total. The largest absolute Gasteiger partial charge is 0.477 e. The van der Waals surface area contributed by atoms with E-state index >= 15 is 0 Å². The quantitative estimate of drug-likeness (QED) is 0.0913. The summed E-state index contributed by atoms with van der Waals surface area (Å²) < 4.78 is 27.3. The minimum Gasteiger partial charge on any atom is -0.477 e. The maximum atomic E-state index is 12.6. The van der Waals surface area contributed by atoms with E-state index in [1.54, 1.807) is 0 Å². The second-order valence-electron chi connectivity index (χ2n) is 11.2. The van der Waals surface area contributed by atoms with Crippen LogP contribution in [-0.4, -0.2) is 191 Å². The Balaban J connectivity index is 1.98. The van der Waals surface area contributed by atoms with Gasteiger partial charge in [-0.05, 0) is 0 Å². The second kappa shape index (κ2) is 15.8. The summed E-state index contributed by atoms with van der Waals surface area (Å²) in [4.78, 5) is 36.2. The van der Waals surface area contributed by atoms with Crippen LogP contribution in [0.5, 0.6) is 0 Å². The third-order valence-electron chi connectivity index (χ3n) is 7.87. The molecule has 0 aromatic rings. The highest BCUT2D eigenvalue weighted by atomic mass is 16.8. The van der Waals surface area contributed by atoms with Gasteiger partial charge < -0.3 is 90.5 Å². The number of hydrogen-bond acceptors (Lipinski definition) is 18. The van der Waals surface area contributed by atoms with Gasteiger partial charge in [0.05, 0.1) is 32.0 Å². The van der Waals surface area contributed by atoms with Gasteiger partial charge in [0.2, 0.25) is 11.8 Å². The molecule has 21 nitrogen and oxygen atoms in total. The molecule has 3 rings (SSSR count). The van der Waals surface area contributed by atoms with Crippen LogP contribution in [0.4, 0.5) is 0 Å². The Labute approximate surface area is 260 Å². The van der Waals surface area contributed by atoms with Crippen LogP contribution in [-0.2, 0) is 38.1 Å². The number of carboxylic acids is 1. The summed E-state index contributed by atoms with van der Waals surface area (Å²) in [5.74, 6) is -6.50. The Morgan fingerprint density at radius 3 is 1.91 bits per heavy atom. The van der Waals surface area contributed by atoms with Gasteiger partial charge in [0.25, 0.3) is 5.79 Å². The molecule has 0 aliphatic carbocycles. The second-order valence-corrected chi connectivity index (χ2v) is 11.2. The van der Waals surface area contributed by atoms with Crippen molar-refractivity contribution in [2.75, 3.05) is 19.8 Å². The molecule has 266 valence electrons. The topological polar surface area (TPSA) is 344 Å². The first-order chi connectivity index (χ1) is 21.5. The first-order valence-electron chi connectivity index (χ1n) is 14.2. The first-order valence-corrected chi connectivity index (χ1v) is 14.2. The molecule has 0 radical (unpaired) electrons. The van der Waals surface area contributed by atoms with Gasteiger partial charge in [-0.15, -0.1) is 0 Å². The van der Waals surface area contributed by atoms with E-state index in [-0.39, 0.29) is 0 Å². The Bertz CT molecular complexity index is 1050. The van der Waals surface area contributed by atoms with Gasteiger partial charge in [-0.1, -0.05) is 0 Å². The lowest BCUT2D eigenvalue weighted by molar-refractivity contribution is -0.380. The molecule has 3 heterocycles. The van der Waals surface area contributed by atoms with Crippen LogP contribution in [0, 0.1) is 0 Å². The van der Waals surface area contributed by atoms with E-state index in [4.69, 9.17) is 23.7 Å². The smallest absolute Gasteiger partial charge is 0.364 e. The van der Waals surface area contributed by atoms with Gasteiger partial charge in [-0.3, -0.25) is 9.59 Å². The molecule has 0 bridgehead atoms. The molecule has 3 aliphatic heterocycles. The van der Waals surface area contributed by atoms with Crippen LogP contribution in [0.25, 0.3) is 0 Å². The lowest BCUT2D eigenvalue weighted by Gasteiger charge is -2.50. The number of nitrogens with one attached hydrogen (secondary N) is 2. The predicted octanol–water partition coefficient (Wildman–Crippen LogP) is -8.08. The number of rotatable bonds is 12. The number of carbonyl (C=O) groups excluding carboxylic acids is 2. The average Bonchev–Trinajstić information content (AvgIpc) is 2.99. The third kappa shape index (κ3) is 8.08. The lowest BCUT2D eigenvalue weighted by atomic mass is 9.88. The van der Waals surface area contributed by atoms with Crippen LogP contribution in [0.2, 0.25) is 0 Å². The highest BCUT2D eigenvalue weighted by Gasteiger charge is 2.60. The van der Waals surface area contributed by atoms with Gasteiger partial charge in [-0.25, -0.2) is 4.79 Å². The predicted molar refractivity (Wildman–Crippen MR) is 142 cm³/mol. The van der Waals surface area contributed by atoms with Crippen molar-refractivity contribution in [2.45, 2.75) is 118 Å². The van der Waals surface area contributed by atoms with Crippen molar-refractivity contribution in [1.29, 1.82) is 0 Å². The van der Waals surface area contributed by atoms with Gasteiger partial charge >= 0.3 is 5.97 Å². The van der Waals surface area contributed by atoms with Crippen molar-refractivity contribution in [3.63, 3.8) is 0 Å². The number of amides is 2. The number of ether oxygens (including phenoxy) is 5. The zero-order chi connectivity index (χ0) is 34.7. The van der Waals surface area contributed by atoms with Crippen LogP contribution in [0.1, 0.15) is 20.3 Å². The summed E-state index contributed by atoms with van der Waals surface area (Å²) in [7, 11) is 0. The van der Waals surface area contributed by atoms with Crippen LogP contribution < -0.4 is 10.6 Å². The molecule has 16 atom stereocenters. The SMILES string of the molecule is CC(=O)N[C@@H]1[C@@H](O[C@@H]2O[C@H](CO)[C@H](O)[C@H](O[C@]3(C(=O)O)C[C@H](O)[C@@H](NC(C)=O)[C@H]([C@@H](O)[C@H](O)CO)O3)[C@H]2O)[C@@H](O)[C@@H](CO)O[C@H]1O. The highest BCUT2D eigenvalue weighted by molar-refractivity contribution is 5.76. The fourth-order valence-electron chi connectivity index (χ4n) is 5.56. The maximum absolute atomic E-state index is 12.6. The van der Waals surface area contributed by atoms with Crippen molar-refractivity contribution in [2.24, 2.45) is 0 Å². The Morgan fingerprint density at radius 2 is 1.39 bits per heavy atom. The number of aliphatic hydroxyl groups excluding tert-OH is 10. The van der Waals surface area contributed by atoms with Crippen molar-refractivity contribution < 1.29 is 94.2 Å². The number of carboxylic acid groups (broad SMARTS) is 1. The summed E-state index contributed by atoms with van der Waals surface area (Å²) in [6, 6.07) is -3.08. The molecule has 0 spiro atoms. The zero-order valence-electron chi connectivity index (χ0n) is 24.7. The summed E-state index contributed by atoms with van der Waals surface area (Å²) in [5.41, 5.74) is 0. The van der Waals surface area contributed by atoms with Gasteiger partial charge in [0.15, 0.2) is 12.6 Å². The molecule has 46 heavy (non-hydrogen) atoms. The van der Waals surface area contributed by atoms with E-state index in [0.29, 0.717) is 0 Å². The van der Waals surface area contributed by atoms with Gasteiger partial charge in [0.1, 0.15) is 67.1 Å². The molecular formula is C25H42N2O19. The Kier molecular flexibility index (Phi) is 13.1. The molecule has 0 unspecified atom stereocenters. The van der Waals surface area contributed by atoms with E-state index in [1.165, 1.54) is 0 Å². The molecule has 3 saturated heterocycles. The lowest BCUT2D eigenvalue weighted by Crippen LogP contribution is -2.71. The van der Waals surface area contributed by atoms with Crippen molar-refractivity contribution in [3.8, 4) is 0 Å². The molecule has 0 aromatic heterocycles. The monoisotopic (exact) mass is 674 g/mol. The molecule has 3 aliphatic rings. The summed E-state index contributed by atoms with van der Waals surface area (Å²) >= 11 is 0. The van der Waals surface area contributed by atoms with Gasteiger partial charge in [0, 0.05) is 20.3 Å². The highest BCUT2D eigenvalue weighted by Crippen LogP contribution is 2.38. The minimum atomic E-state index is -3.04. The summed E-state index contributed by atoms with van der Waals surface area (Å²) in [6.07, 6.45) is -25.8. The minimum absolute atomic E-state index is 0.720. The first kappa shape index (κ1) is 38.3. The fourth-order valence-corrected chi connectivity index (χ4v) is 5.56. The van der Waals surface area contributed by atoms with Crippen LogP contribution in [0.3, 0.4) is 0 Å². The van der Waals surface area contributed by atoms with Crippen molar-refractivity contribution in [3.05, 3.63) is 0 Å². The zero-order valence-corrected chi connectivity index (χ0v) is 24.7.